The van der Waals surface area contributed by atoms with Gasteiger partial charge in [-0.15, -0.1) is 0 Å². The lowest BCUT2D eigenvalue weighted by Gasteiger charge is -2.30. The van der Waals surface area contributed by atoms with Crippen LogP contribution in [0, 0.1) is 11.8 Å². The number of benzene rings is 2. The summed E-state index contributed by atoms with van der Waals surface area (Å²) in [7, 11) is 0. The van der Waals surface area contributed by atoms with E-state index in [1.165, 1.54) is 0 Å². The molecule has 164 valence electrons. The first-order valence-corrected chi connectivity index (χ1v) is 11.6. The predicted molar refractivity (Wildman–Crippen MR) is 117 cm³/mol. The highest BCUT2D eigenvalue weighted by molar-refractivity contribution is 7.99. The Morgan fingerprint density at radius 1 is 0.875 bits per heavy atom. The summed E-state index contributed by atoms with van der Waals surface area (Å²) in [6.07, 6.45) is 3.21. The summed E-state index contributed by atoms with van der Waals surface area (Å²) in [5, 5.41) is 0. The number of imide groups is 1. The Bertz CT molecular complexity index is 1050. The van der Waals surface area contributed by atoms with E-state index in [2.05, 4.69) is 0 Å². The predicted octanol–water partition coefficient (Wildman–Crippen LogP) is 3.53. The van der Waals surface area contributed by atoms with Gasteiger partial charge >= 0.3 is 5.97 Å². The van der Waals surface area contributed by atoms with Crippen molar-refractivity contribution in [3.63, 3.8) is 0 Å². The number of carbonyl (C=O) groups excluding carboxylic acids is 4. The van der Waals surface area contributed by atoms with Crippen LogP contribution in [0.2, 0.25) is 0 Å². The Morgan fingerprint density at radius 3 is 1.97 bits per heavy atom. The molecule has 2 aromatic rings. The minimum atomic E-state index is -0.758. The monoisotopic (exact) mass is 450 g/mol. The van der Waals surface area contributed by atoms with E-state index in [1.807, 2.05) is 48.5 Å². The molecule has 1 aliphatic carbocycles. The summed E-state index contributed by atoms with van der Waals surface area (Å²) in [6, 6.07) is 15.1. The fourth-order valence-corrected chi connectivity index (χ4v) is 5.80. The Kier molecular flexibility index (Phi) is 5.46. The average molecular weight is 451 g/mol. The number of anilines is 2. The number of para-hydroxylation sites is 2. The standard InChI is InChI=1S/C24H22N2O5S/c27-21(26-17-9-3-5-11-19(17)32-20-12-6-4-10-18(20)26)14-31-22(28)13-25-23(29)15-7-1-2-8-16(15)24(25)30/h3-6,9-12,15-16H,1-2,7-8,13-14H2/t15-,16+. The molecule has 0 N–H and O–H groups in total. The Morgan fingerprint density at radius 2 is 1.41 bits per heavy atom. The number of nitrogens with zero attached hydrogens (tertiary/aromatic N) is 2. The van der Waals surface area contributed by atoms with Crippen LogP contribution in [0.15, 0.2) is 58.3 Å². The maximum atomic E-state index is 13.1. The molecule has 2 heterocycles. The van der Waals surface area contributed by atoms with E-state index in [9.17, 15) is 19.2 Å². The van der Waals surface area contributed by atoms with Crippen molar-refractivity contribution in [2.45, 2.75) is 35.5 Å². The molecule has 32 heavy (non-hydrogen) atoms. The maximum Gasteiger partial charge on any atom is 0.326 e. The van der Waals surface area contributed by atoms with Crippen molar-refractivity contribution in [3.8, 4) is 0 Å². The maximum absolute atomic E-state index is 13.1. The molecule has 0 bridgehead atoms. The second kappa shape index (κ2) is 8.43. The molecule has 3 amide bonds. The third-order valence-electron chi connectivity index (χ3n) is 6.26. The van der Waals surface area contributed by atoms with Crippen LogP contribution in [0.5, 0.6) is 0 Å². The summed E-state index contributed by atoms with van der Waals surface area (Å²) >= 11 is 1.58. The lowest BCUT2D eigenvalue weighted by atomic mass is 9.81. The number of hydrogen-bond donors (Lipinski definition) is 0. The van der Waals surface area contributed by atoms with Crippen molar-refractivity contribution >= 4 is 46.8 Å². The topological polar surface area (TPSA) is 84.0 Å². The molecule has 5 rings (SSSR count). The fraction of sp³-hybridized carbons (Fsp3) is 0.333. The van der Waals surface area contributed by atoms with Gasteiger partial charge in [0.1, 0.15) is 6.54 Å². The Labute approximate surface area is 189 Å². The summed E-state index contributed by atoms with van der Waals surface area (Å²) in [6.45, 7) is -0.920. The zero-order valence-electron chi connectivity index (χ0n) is 17.4. The number of hydrogen-bond acceptors (Lipinski definition) is 6. The van der Waals surface area contributed by atoms with Crippen molar-refractivity contribution < 1.29 is 23.9 Å². The highest BCUT2D eigenvalue weighted by Gasteiger charge is 2.48. The quantitative estimate of drug-likeness (QED) is 0.523. The number of amides is 3. The van der Waals surface area contributed by atoms with Gasteiger partial charge in [0.05, 0.1) is 23.2 Å². The van der Waals surface area contributed by atoms with E-state index in [1.54, 1.807) is 16.7 Å². The molecule has 2 aromatic carbocycles. The number of carbonyl (C=O) groups is 4. The minimum absolute atomic E-state index is 0.293. The van der Waals surface area contributed by atoms with Gasteiger partial charge in [-0.3, -0.25) is 29.0 Å². The number of fused-ring (bicyclic) bond motifs is 3. The van der Waals surface area contributed by atoms with E-state index in [0.717, 1.165) is 38.9 Å². The van der Waals surface area contributed by atoms with Crippen molar-refractivity contribution in [1.82, 2.24) is 4.90 Å². The molecule has 8 heteroatoms. The van der Waals surface area contributed by atoms with E-state index < -0.39 is 25.0 Å². The fourth-order valence-electron chi connectivity index (χ4n) is 4.74. The van der Waals surface area contributed by atoms with Crippen LogP contribution in [0.1, 0.15) is 25.7 Å². The summed E-state index contributed by atoms with van der Waals surface area (Å²) in [4.78, 5) is 55.1. The summed E-state index contributed by atoms with van der Waals surface area (Å²) in [5.41, 5.74) is 1.46. The summed E-state index contributed by atoms with van der Waals surface area (Å²) < 4.78 is 5.22. The lowest BCUT2D eigenvalue weighted by Crippen LogP contribution is -2.38. The molecule has 3 aliphatic rings. The molecule has 2 atom stereocenters. The van der Waals surface area contributed by atoms with Gasteiger partial charge < -0.3 is 4.74 Å². The minimum Gasteiger partial charge on any atom is -0.454 e. The van der Waals surface area contributed by atoms with E-state index in [0.29, 0.717) is 12.8 Å². The van der Waals surface area contributed by atoms with Gasteiger partial charge in [-0.2, -0.15) is 0 Å². The molecule has 0 unspecified atom stereocenters. The average Bonchev–Trinajstić information content (AvgIpc) is 3.06. The van der Waals surface area contributed by atoms with Gasteiger partial charge in [-0.25, -0.2) is 0 Å². The van der Waals surface area contributed by atoms with Crippen molar-refractivity contribution in [3.05, 3.63) is 48.5 Å². The molecule has 0 spiro atoms. The van der Waals surface area contributed by atoms with Crippen molar-refractivity contribution in [1.29, 1.82) is 0 Å². The molecule has 2 fully saturated rings. The normalized spacial score (nSPS) is 21.6. The molecule has 7 nitrogen and oxygen atoms in total. The third kappa shape index (κ3) is 3.58. The van der Waals surface area contributed by atoms with E-state index in [-0.39, 0.29) is 23.7 Å². The highest BCUT2D eigenvalue weighted by Crippen LogP contribution is 2.47. The van der Waals surface area contributed by atoms with Crippen LogP contribution in [0.4, 0.5) is 11.4 Å². The number of rotatable bonds is 4. The molecule has 1 saturated carbocycles. The van der Waals surface area contributed by atoms with Crippen molar-refractivity contribution in [2.75, 3.05) is 18.1 Å². The largest absolute Gasteiger partial charge is 0.454 e. The molecule has 0 aromatic heterocycles. The SMILES string of the molecule is O=C(CN1C(=O)[C@H]2CCCC[C@H]2C1=O)OCC(=O)N1c2ccccc2Sc2ccccc21. The van der Waals surface area contributed by atoms with Gasteiger partial charge in [0.15, 0.2) is 6.61 Å². The smallest absolute Gasteiger partial charge is 0.326 e. The number of esters is 1. The van der Waals surface area contributed by atoms with Gasteiger partial charge in [0.2, 0.25) is 11.8 Å². The van der Waals surface area contributed by atoms with Crippen LogP contribution >= 0.6 is 11.8 Å². The number of likely N-dealkylation sites (tertiary alicyclic amines) is 1. The number of ether oxygens (including phenoxy) is 1. The van der Waals surface area contributed by atoms with Crippen molar-refractivity contribution in [2.24, 2.45) is 11.8 Å². The molecule has 2 aliphatic heterocycles. The van der Waals surface area contributed by atoms with Gasteiger partial charge in [-0.05, 0) is 37.1 Å². The second-order valence-corrected chi connectivity index (χ2v) is 9.27. The van der Waals surface area contributed by atoms with E-state index >= 15 is 0 Å². The molecular formula is C24H22N2O5S. The zero-order chi connectivity index (χ0) is 22.2. The highest BCUT2D eigenvalue weighted by atomic mass is 32.2. The van der Waals surface area contributed by atoms with Crippen LogP contribution in [-0.4, -0.2) is 41.7 Å². The van der Waals surface area contributed by atoms with Gasteiger partial charge in [0, 0.05) is 9.79 Å². The zero-order valence-corrected chi connectivity index (χ0v) is 18.2. The molecule has 1 saturated heterocycles. The molecular weight excluding hydrogens is 428 g/mol. The van der Waals surface area contributed by atoms with Crippen LogP contribution < -0.4 is 4.90 Å². The first kappa shape index (κ1) is 20.8. The van der Waals surface area contributed by atoms with E-state index in [4.69, 9.17) is 4.74 Å². The Balaban J connectivity index is 1.27. The first-order valence-electron chi connectivity index (χ1n) is 10.7. The molecule has 0 radical (unpaired) electrons. The summed E-state index contributed by atoms with van der Waals surface area (Å²) in [5.74, 6) is -2.37. The van der Waals surface area contributed by atoms with Gasteiger partial charge in [0.25, 0.3) is 5.91 Å². The third-order valence-corrected chi connectivity index (χ3v) is 7.39. The second-order valence-electron chi connectivity index (χ2n) is 8.19. The Hall–Kier alpha value is -3.13. The van der Waals surface area contributed by atoms with Crippen LogP contribution in [-0.2, 0) is 23.9 Å². The lowest BCUT2D eigenvalue weighted by molar-refractivity contribution is -0.154. The first-order chi connectivity index (χ1) is 15.5. The van der Waals surface area contributed by atoms with Crippen LogP contribution in [0.3, 0.4) is 0 Å². The van der Waals surface area contributed by atoms with Crippen LogP contribution in [0.25, 0.3) is 0 Å². The van der Waals surface area contributed by atoms with Gasteiger partial charge in [-0.1, -0.05) is 48.9 Å².